The molecule has 0 fully saturated rings. The van der Waals surface area contributed by atoms with Gasteiger partial charge in [0.05, 0.1) is 0 Å². The topological polar surface area (TPSA) is 73.5 Å². The van der Waals surface area contributed by atoms with Crippen LogP contribution in [-0.2, 0) is 4.79 Å². The lowest BCUT2D eigenvalue weighted by Crippen LogP contribution is -1.93. The molecule has 0 amide bonds. The quantitative estimate of drug-likeness (QED) is 0.394. The number of nitrogens with zero attached hydrogens (tertiary/aromatic N) is 1. The highest BCUT2D eigenvalue weighted by Crippen LogP contribution is 1.87. The predicted octanol–water partition coefficient (Wildman–Crippen LogP) is 0.616. The maximum atomic E-state index is 9.62. The summed E-state index contributed by atoms with van der Waals surface area (Å²) in [7, 11) is 0. The molecule has 0 aromatic heterocycles. The fourth-order valence-electron chi connectivity index (χ4n) is 0.0478. The molecule has 0 unspecified atom stereocenters. The smallest absolute Gasteiger partial charge is 0.355 e. The van der Waals surface area contributed by atoms with Crippen molar-refractivity contribution in [3.05, 3.63) is 12.3 Å². The minimum Gasteiger partial charge on any atom is -0.476 e. The Bertz CT molecular complexity index is 118. The van der Waals surface area contributed by atoms with Crippen molar-refractivity contribution in [2.45, 2.75) is 0 Å². The number of nitrogens with one attached hydrogen (secondary N) is 1. The third-order valence-corrected chi connectivity index (χ3v) is 0.382. The molecule has 0 aromatic rings. The third-order valence-electron chi connectivity index (χ3n) is 0.382. The molecular formula is C3H4N2O2. The molecule has 7 heavy (non-hydrogen) atoms. The molecule has 0 atom stereocenters. The molecule has 0 heterocycles. The SMILES string of the molecule is C=C(N=N)C(=O)O. The Hall–Kier alpha value is -1.19. The maximum absolute atomic E-state index is 9.62. The molecule has 0 saturated heterocycles. The summed E-state index contributed by atoms with van der Waals surface area (Å²) in [4.78, 5) is 9.62. The van der Waals surface area contributed by atoms with Crippen LogP contribution in [0.1, 0.15) is 0 Å². The Balaban J connectivity index is 3.81. The van der Waals surface area contributed by atoms with Gasteiger partial charge in [-0.15, -0.1) is 0 Å². The highest BCUT2D eigenvalue weighted by atomic mass is 16.4. The molecule has 2 N–H and O–H groups in total. The van der Waals surface area contributed by atoms with Gasteiger partial charge in [-0.05, 0) is 0 Å². The predicted molar refractivity (Wildman–Crippen MR) is 21.9 cm³/mol. The number of hydrogen-bond acceptors (Lipinski definition) is 3. The van der Waals surface area contributed by atoms with E-state index in [0.29, 0.717) is 0 Å². The molecule has 0 saturated carbocycles. The lowest BCUT2D eigenvalue weighted by Gasteiger charge is -1.80. The van der Waals surface area contributed by atoms with Crippen LogP contribution in [0.5, 0.6) is 0 Å². The zero-order valence-electron chi connectivity index (χ0n) is 3.51. The number of carboxylic acid groups (broad SMARTS) is 1. The second-order valence-corrected chi connectivity index (χ2v) is 0.864. The molecular weight excluding hydrogens is 96.0 g/mol. The first kappa shape index (κ1) is 5.81. The van der Waals surface area contributed by atoms with Gasteiger partial charge in [-0.1, -0.05) is 6.58 Å². The van der Waals surface area contributed by atoms with Crippen LogP contribution in [0, 0.1) is 5.53 Å². The molecule has 38 valence electrons. The lowest BCUT2D eigenvalue weighted by atomic mass is 10.5. The van der Waals surface area contributed by atoms with Crippen LogP contribution in [0.15, 0.2) is 17.4 Å². The largest absolute Gasteiger partial charge is 0.476 e. The Morgan fingerprint density at radius 3 is 2.29 bits per heavy atom. The normalized spacial score (nSPS) is 7.43. The van der Waals surface area contributed by atoms with E-state index in [1.807, 2.05) is 0 Å². The van der Waals surface area contributed by atoms with Crippen molar-refractivity contribution < 1.29 is 9.90 Å². The average Bonchev–Trinajstić information content (AvgIpc) is 1.65. The van der Waals surface area contributed by atoms with Crippen LogP contribution in [-0.4, -0.2) is 11.1 Å². The Kier molecular flexibility index (Phi) is 1.72. The van der Waals surface area contributed by atoms with E-state index in [4.69, 9.17) is 10.6 Å². The number of rotatable bonds is 2. The molecule has 0 spiro atoms. The van der Waals surface area contributed by atoms with Crippen LogP contribution >= 0.6 is 0 Å². The minimum atomic E-state index is -1.25. The summed E-state index contributed by atoms with van der Waals surface area (Å²) >= 11 is 0. The molecule has 0 aliphatic heterocycles. The second-order valence-electron chi connectivity index (χ2n) is 0.864. The molecule has 0 aliphatic rings. The van der Waals surface area contributed by atoms with E-state index in [2.05, 4.69) is 11.7 Å². The first-order valence-corrected chi connectivity index (χ1v) is 1.48. The molecule has 4 heteroatoms. The first-order chi connectivity index (χ1) is 3.18. The summed E-state index contributed by atoms with van der Waals surface area (Å²) in [5.74, 6) is -1.25. The number of aliphatic carboxylic acids is 1. The maximum Gasteiger partial charge on any atom is 0.355 e. The van der Waals surface area contributed by atoms with Crippen LogP contribution in [0.3, 0.4) is 0 Å². The third kappa shape index (κ3) is 1.64. The van der Waals surface area contributed by atoms with Gasteiger partial charge in [0.15, 0.2) is 5.70 Å². The molecule has 0 rings (SSSR count). The molecule has 0 aliphatic carbocycles. The summed E-state index contributed by atoms with van der Waals surface area (Å²) in [6.45, 7) is 2.92. The van der Waals surface area contributed by atoms with E-state index in [1.165, 1.54) is 0 Å². The minimum absolute atomic E-state index is 0.444. The van der Waals surface area contributed by atoms with Gasteiger partial charge < -0.3 is 5.11 Å². The van der Waals surface area contributed by atoms with Gasteiger partial charge in [-0.2, -0.15) is 5.11 Å². The van der Waals surface area contributed by atoms with E-state index in [0.717, 1.165) is 0 Å². The Labute approximate surface area is 40.0 Å². The molecule has 0 aromatic carbocycles. The van der Waals surface area contributed by atoms with E-state index >= 15 is 0 Å². The van der Waals surface area contributed by atoms with Crippen LogP contribution in [0.25, 0.3) is 0 Å². The molecule has 0 radical (unpaired) electrons. The van der Waals surface area contributed by atoms with Gasteiger partial charge in [0.25, 0.3) is 0 Å². The Morgan fingerprint density at radius 2 is 2.29 bits per heavy atom. The van der Waals surface area contributed by atoms with E-state index in [1.54, 1.807) is 0 Å². The van der Waals surface area contributed by atoms with Gasteiger partial charge in [0.2, 0.25) is 0 Å². The van der Waals surface area contributed by atoms with Crippen LogP contribution in [0.4, 0.5) is 0 Å². The fraction of sp³-hybridized carbons (Fsp3) is 0. The van der Waals surface area contributed by atoms with Crippen molar-refractivity contribution in [3.8, 4) is 0 Å². The van der Waals surface area contributed by atoms with Crippen molar-refractivity contribution >= 4 is 5.97 Å². The fourth-order valence-corrected chi connectivity index (χ4v) is 0.0478. The van der Waals surface area contributed by atoms with Crippen molar-refractivity contribution in [1.82, 2.24) is 0 Å². The lowest BCUT2D eigenvalue weighted by molar-refractivity contribution is -0.132. The summed E-state index contributed by atoms with van der Waals surface area (Å²) in [5, 5.41) is 10.4. The van der Waals surface area contributed by atoms with Gasteiger partial charge >= 0.3 is 5.97 Å². The van der Waals surface area contributed by atoms with Crippen molar-refractivity contribution in [2.75, 3.05) is 0 Å². The van der Waals surface area contributed by atoms with Crippen molar-refractivity contribution in [2.24, 2.45) is 5.11 Å². The van der Waals surface area contributed by atoms with Crippen LogP contribution < -0.4 is 0 Å². The monoisotopic (exact) mass is 100 g/mol. The van der Waals surface area contributed by atoms with Gasteiger partial charge in [0.1, 0.15) is 0 Å². The highest BCUT2D eigenvalue weighted by Gasteiger charge is 1.97. The Morgan fingerprint density at radius 1 is 1.86 bits per heavy atom. The van der Waals surface area contributed by atoms with Gasteiger partial charge in [0, 0.05) is 0 Å². The van der Waals surface area contributed by atoms with E-state index in [-0.39, 0.29) is 0 Å². The zero-order chi connectivity index (χ0) is 5.86. The average molecular weight is 100 g/mol. The standard InChI is InChI=1S/C3H4N2O2/c1-2(5-4)3(6)7/h4H,1H2,(H,6,7). The number of hydrogen-bond donors (Lipinski definition) is 2. The number of carbonyl (C=O) groups is 1. The van der Waals surface area contributed by atoms with Gasteiger partial charge in [-0.3, -0.25) is 0 Å². The first-order valence-electron chi connectivity index (χ1n) is 1.48. The summed E-state index contributed by atoms with van der Waals surface area (Å²) in [6, 6.07) is 0. The van der Waals surface area contributed by atoms with E-state index < -0.39 is 11.7 Å². The summed E-state index contributed by atoms with van der Waals surface area (Å²) in [6.07, 6.45) is 0. The molecule has 4 nitrogen and oxygen atoms in total. The zero-order valence-corrected chi connectivity index (χ0v) is 3.51. The van der Waals surface area contributed by atoms with Gasteiger partial charge in [-0.25, -0.2) is 10.3 Å². The second kappa shape index (κ2) is 2.07. The molecule has 0 bridgehead atoms. The summed E-state index contributed by atoms with van der Waals surface area (Å²) < 4.78 is 0. The number of carboxylic acids is 1. The van der Waals surface area contributed by atoms with Crippen molar-refractivity contribution in [3.63, 3.8) is 0 Å². The van der Waals surface area contributed by atoms with Crippen LogP contribution in [0.2, 0.25) is 0 Å². The van der Waals surface area contributed by atoms with Crippen molar-refractivity contribution in [1.29, 1.82) is 5.53 Å². The summed E-state index contributed by atoms with van der Waals surface area (Å²) in [5.41, 5.74) is 5.64. The van der Waals surface area contributed by atoms with E-state index in [9.17, 15) is 4.79 Å². The highest BCUT2D eigenvalue weighted by molar-refractivity contribution is 5.84.